The smallest absolute Gasteiger partial charge is 0.163 e. The maximum absolute atomic E-state index is 5.88. The van der Waals surface area contributed by atoms with Crippen LogP contribution in [0, 0.1) is 6.92 Å². The molecule has 0 spiro atoms. The molecule has 96 valence electrons. The number of aromatic nitrogens is 3. The van der Waals surface area contributed by atoms with Crippen molar-refractivity contribution in [2.45, 2.75) is 13.3 Å². The number of hydrogen-bond donors (Lipinski definition) is 1. The average Bonchev–Trinajstić information content (AvgIpc) is 2.76. The van der Waals surface area contributed by atoms with E-state index in [1.165, 1.54) is 0 Å². The SMILES string of the molecule is Cc1cc(N)cn2c(Cc3ccc(Cl)cc3)nnc12. The predicted molar refractivity (Wildman–Crippen MR) is 76.4 cm³/mol. The molecule has 0 aliphatic rings. The second-order valence-corrected chi connectivity index (χ2v) is 5.01. The number of nitrogens with two attached hydrogens (primary N) is 1. The summed E-state index contributed by atoms with van der Waals surface area (Å²) in [5.74, 6) is 0.868. The fourth-order valence-electron chi connectivity index (χ4n) is 2.13. The highest BCUT2D eigenvalue weighted by molar-refractivity contribution is 6.30. The third-order valence-corrected chi connectivity index (χ3v) is 3.31. The molecule has 0 aliphatic heterocycles. The van der Waals surface area contributed by atoms with Crippen molar-refractivity contribution in [1.29, 1.82) is 0 Å². The Balaban J connectivity index is 2.03. The van der Waals surface area contributed by atoms with Crippen molar-refractivity contribution in [3.63, 3.8) is 0 Å². The largest absolute Gasteiger partial charge is 0.398 e. The predicted octanol–water partition coefficient (Wildman–Crippen LogP) is 2.86. The van der Waals surface area contributed by atoms with Crippen LogP contribution < -0.4 is 5.73 Å². The molecular formula is C14H13ClN4. The zero-order valence-electron chi connectivity index (χ0n) is 10.5. The number of benzene rings is 1. The summed E-state index contributed by atoms with van der Waals surface area (Å²) in [5, 5.41) is 9.18. The molecule has 0 atom stereocenters. The van der Waals surface area contributed by atoms with Crippen LogP contribution in [0.25, 0.3) is 5.65 Å². The number of pyridine rings is 1. The Hall–Kier alpha value is -2.07. The molecule has 2 heterocycles. The van der Waals surface area contributed by atoms with E-state index >= 15 is 0 Å². The third kappa shape index (κ3) is 2.27. The maximum atomic E-state index is 5.88. The molecule has 1 aromatic carbocycles. The molecule has 3 rings (SSSR count). The molecule has 2 aromatic heterocycles. The van der Waals surface area contributed by atoms with Crippen molar-refractivity contribution < 1.29 is 0 Å². The van der Waals surface area contributed by atoms with Crippen LogP contribution in [0.5, 0.6) is 0 Å². The first-order valence-electron chi connectivity index (χ1n) is 5.97. The second kappa shape index (κ2) is 4.55. The van der Waals surface area contributed by atoms with Crippen LogP contribution in [0.1, 0.15) is 17.0 Å². The fourth-order valence-corrected chi connectivity index (χ4v) is 2.26. The van der Waals surface area contributed by atoms with Gasteiger partial charge >= 0.3 is 0 Å². The number of nitrogen functional groups attached to an aromatic ring is 1. The highest BCUT2D eigenvalue weighted by atomic mass is 35.5. The van der Waals surface area contributed by atoms with Gasteiger partial charge in [-0.1, -0.05) is 23.7 Å². The Morgan fingerprint density at radius 2 is 1.95 bits per heavy atom. The number of halogens is 1. The van der Waals surface area contributed by atoms with E-state index in [1.807, 2.05) is 47.9 Å². The lowest BCUT2D eigenvalue weighted by atomic mass is 10.1. The molecule has 4 nitrogen and oxygen atoms in total. The van der Waals surface area contributed by atoms with Crippen molar-refractivity contribution in [2.75, 3.05) is 5.73 Å². The van der Waals surface area contributed by atoms with Crippen molar-refractivity contribution in [2.24, 2.45) is 0 Å². The second-order valence-electron chi connectivity index (χ2n) is 4.57. The summed E-state index contributed by atoms with van der Waals surface area (Å²) in [7, 11) is 0. The minimum Gasteiger partial charge on any atom is -0.398 e. The number of fused-ring (bicyclic) bond motifs is 1. The molecule has 0 bridgehead atoms. The van der Waals surface area contributed by atoms with Crippen LogP contribution >= 0.6 is 11.6 Å². The number of rotatable bonds is 2. The number of nitrogens with zero attached hydrogens (tertiary/aromatic N) is 3. The molecule has 0 unspecified atom stereocenters. The molecule has 19 heavy (non-hydrogen) atoms. The first kappa shape index (κ1) is 12.0. The van der Waals surface area contributed by atoms with E-state index in [2.05, 4.69) is 10.2 Å². The Labute approximate surface area is 115 Å². The average molecular weight is 273 g/mol. The number of hydrogen-bond acceptors (Lipinski definition) is 3. The summed E-state index contributed by atoms with van der Waals surface area (Å²) in [4.78, 5) is 0. The quantitative estimate of drug-likeness (QED) is 0.780. The lowest BCUT2D eigenvalue weighted by Gasteiger charge is -2.03. The van der Waals surface area contributed by atoms with Crippen LogP contribution in [0.15, 0.2) is 36.5 Å². The Kier molecular flexibility index (Phi) is 2.87. The van der Waals surface area contributed by atoms with E-state index in [0.717, 1.165) is 27.6 Å². The van der Waals surface area contributed by atoms with E-state index in [9.17, 15) is 0 Å². The zero-order chi connectivity index (χ0) is 13.4. The van der Waals surface area contributed by atoms with Gasteiger partial charge in [-0.2, -0.15) is 0 Å². The molecule has 0 saturated carbocycles. The van der Waals surface area contributed by atoms with Gasteiger partial charge in [0.1, 0.15) is 5.82 Å². The highest BCUT2D eigenvalue weighted by Crippen LogP contribution is 2.17. The summed E-state index contributed by atoms with van der Waals surface area (Å²) < 4.78 is 1.94. The summed E-state index contributed by atoms with van der Waals surface area (Å²) in [6, 6.07) is 9.63. The Morgan fingerprint density at radius 3 is 2.68 bits per heavy atom. The van der Waals surface area contributed by atoms with E-state index in [4.69, 9.17) is 17.3 Å². The number of aryl methyl sites for hydroxylation is 1. The molecule has 0 fully saturated rings. The van der Waals surface area contributed by atoms with Gasteiger partial charge in [-0.3, -0.25) is 4.40 Å². The third-order valence-electron chi connectivity index (χ3n) is 3.06. The van der Waals surface area contributed by atoms with Gasteiger partial charge in [-0.25, -0.2) is 0 Å². The van der Waals surface area contributed by atoms with Crippen LogP contribution in [0.2, 0.25) is 5.02 Å². The monoisotopic (exact) mass is 272 g/mol. The summed E-state index contributed by atoms with van der Waals surface area (Å²) in [6.45, 7) is 1.98. The summed E-state index contributed by atoms with van der Waals surface area (Å²) in [6.07, 6.45) is 2.55. The van der Waals surface area contributed by atoms with Crippen LogP contribution in [-0.2, 0) is 6.42 Å². The number of anilines is 1. The van der Waals surface area contributed by atoms with E-state index < -0.39 is 0 Å². The molecule has 0 saturated heterocycles. The lowest BCUT2D eigenvalue weighted by Crippen LogP contribution is -1.99. The van der Waals surface area contributed by atoms with Crippen LogP contribution in [0.3, 0.4) is 0 Å². The molecule has 3 aromatic rings. The van der Waals surface area contributed by atoms with E-state index in [-0.39, 0.29) is 0 Å². The Morgan fingerprint density at radius 1 is 1.21 bits per heavy atom. The fraction of sp³-hybridized carbons (Fsp3) is 0.143. The van der Waals surface area contributed by atoms with Crippen molar-refractivity contribution in [1.82, 2.24) is 14.6 Å². The van der Waals surface area contributed by atoms with Gasteiger partial charge in [0.2, 0.25) is 0 Å². The topological polar surface area (TPSA) is 56.2 Å². The molecule has 0 radical (unpaired) electrons. The minimum absolute atomic E-state index is 0.696. The minimum atomic E-state index is 0.696. The molecule has 2 N–H and O–H groups in total. The van der Waals surface area contributed by atoms with Crippen molar-refractivity contribution in [3.05, 3.63) is 58.5 Å². The van der Waals surface area contributed by atoms with Crippen LogP contribution in [-0.4, -0.2) is 14.6 Å². The van der Waals surface area contributed by atoms with Gasteiger partial charge in [0.25, 0.3) is 0 Å². The van der Waals surface area contributed by atoms with Gasteiger partial charge in [0, 0.05) is 23.3 Å². The van der Waals surface area contributed by atoms with Gasteiger partial charge in [-0.05, 0) is 36.2 Å². The summed E-state index contributed by atoms with van der Waals surface area (Å²) in [5.41, 5.74) is 9.59. The standard InChI is InChI=1S/C14H13ClN4/c1-9-6-12(16)8-19-13(17-18-14(9)19)7-10-2-4-11(15)5-3-10/h2-6,8H,7,16H2,1H3. The van der Waals surface area contributed by atoms with E-state index in [0.29, 0.717) is 12.1 Å². The lowest BCUT2D eigenvalue weighted by molar-refractivity contribution is 0.935. The van der Waals surface area contributed by atoms with Crippen molar-refractivity contribution in [3.8, 4) is 0 Å². The first-order chi connectivity index (χ1) is 9.13. The van der Waals surface area contributed by atoms with Gasteiger partial charge < -0.3 is 5.73 Å². The summed E-state index contributed by atoms with van der Waals surface area (Å²) >= 11 is 5.88. The molecule has 0 amide bonds. The highest BCUT2D eigenvalue weighted by Gasteiger charge is 2.09. The van der Waals surface area contributed by atoms with Gasteiger partial charge in [0.05, 0.1) is 0 Å². The first-order valence-corrected chi connectivity index (χ1v) is 6.35. The van der Waals surface area contributed by atoms with Gasteiger partial charge in [0.15, 0.2) is 5.65 Å². The normalized spacial score (nSPS) is 11.1. The Bertz CT molecular complexity index is 731. The van der Waals surface area contributed by atoms with Crippen LogP contribution in [0.4, 0.5) is 5.69 Å². The van der Waals surface area contributed by atoms with E-state index in [1.54, 1.807) is 0 Å². The van der Waals surface area contributed by atoms with Gasteiger partial charge in [-0.15, -0.1) is 10.2 Å². The maximum Gasteiger partial charge on any atom is 0.163 e. The van der Waals surface area contributed by atoms with Crippen molar-refractivity contribution >= 4 is 22.9 Å². The molecule has 5 heteroatoms. The molecule has 0 aliphatic carbocycles. The zero-order valence-corrected chi connectivity index (χ0v) is 11.2. The molecular weight excluding hydrogens is 260 g/mol.